The van der Waals surface area contributed by atoms with Crippen molar-refractivity contribution in [1.82, 2.24) is 0 Å². The minimum Gasteiger partial charge on any atom is -0.389 e. The molecule has 1 aromatic carbocycles. The molecule has 1 aromatic rings. The fourth-order valence-electron chi connectivity index (χ4n) is 2.96. The summed E-state index contributed by atoms with van der Waals surface area (Å²) in [4.78, 5) is 11.8. The molecule has 0 saturated heterocycles. The smallest absolute Gasteiger partial charge is 0.165 e. The van der Waals surface area contributed by atoms with Crippen molar-refractivity contribution < 1.29 is 9.90 Å². The summed E-state index contributed by atoms with van der Waals surface area (Å²) in [6.07, 6.45) is 1.92. The van der Waals surface area contributed by atoms with Crippen LogP contribution in [0.15, 0.2) is 24.3 Å². The predicted molar refractivity (Wildman–Crippen MR) is 68.1 cm³/mol. The van der Waals surface area contributed by atoms with E-state index in [1.807, 2.05) is 18.2 Å². The van der Waals surface area contributed by atoms with Crippen LogP contribution in [0.5, 0.6) is 0 Å². The molecule has 0 amide bonds. The van der Waals surface area contributed by atoms with Crippen molar-refractivity contribution in [1.29, 1.82) is 0 Å². The van der Waals surface area contributed by atoms with Gasteiger partial charge in [-0.05, 0) is 35.8 Å². The molecule has 0 spiro atoms. The molecule has 1 N–H and O–H groups in total. The molecule has 0 heterocycles. The molecule has 0 aromatic heterocycles. The zero-order valence-electron chi connectivity index (χ0n) is 10.5. The molecule has 0 bridgehead atoms. The minimum absolute atomic E-state index is 0.0420. The number of carbonyl (C=O) groups is 1. The van der Waals surface area contributed by atoms with E-state index in [1.54, 1.807) is 0 Å². The van der Waals surface area contributed by atoms with E-state index in [0.29, 0.717) is 11.8 Å². The summed E-state index contributed by atoms with van der Waals surface area (Å²) in [6, 6.07) is 8.21. The standard InChI is InChI=1S/C15H20O2/c1-10(2)11-7-8-14(15(17)9-16)13-6-4-3-5-12(11)13/h3-6,10-11,14,16H,7-9H2,1-2H3. The van der Waals surface area contributed by atoms with Crippen molar-refractivity contribution in [3.05, 3.63) is 35.4 Å². The van der Waals surface area contributed by atoms with Gasteiger partial charge in [-0.25, -0.2) is 0 Å². The van der Waals surface area contributed by atoms with Crippen molar-refractivity contribution in [3.8, 4) is 0 Å². The largest absolute Gasteiger partial charge is 0.389 e. The fraction of sp³-hybridized carbons (Fsp3) is 0.533. The van der Waals surface area contributed by atoms with E-state index < -0.39 is 0 Å². The van der Waals surface area contributed by atoms with Gasteiger partial charge < -0.3 is 5.11 Å². The molecule has 0 fully saturated rings. The number of rotatable bonds is 3. The van der Waals surface area contributed by atoms with Crippen LogP contribution < -0.4 is 0 Å². The second kappa shape index (κ2) is 5.01. The predicted octanol–water partition coefficient (Wildman–Crippen LogP) is 2.87. The maximum absolute atomic E-state index is 11.8. The first kappa shape index (κ1) is 12.3. The highest BCUT2D eigenvalue weighted by molar-refractivity contribution is 5.87. The van der Waals surface area contributed by atoms with Crippen molar-refractivity contribution in [3.63, 3.8) is 0 Å². The summed E-state index contributed by atoms with van der Waals surface area (Å²) in [5.41, 5.74) is 2.44. The first-order valence-corrected chi connectivity index (χ1v) is 6.37. The number of benzene rings is 1. The van der Waals surface area contributed by atoms with Crippen LogP contribution in [-0.4, -0.2) is 17.5 Å². The van der Waals surface area contributed by atoms with E-state index in [1.165, 1.54) is 5.56 Å². The molecule has 1 aliphatic carbocycles. The van der Waals surface area contributed by atoms with Crippen LogP contribution in [-0.2, 0) is 4.79 Å². The van der Waals surface area contributed by atoms with Crippen molar-refractivity contribution in [2.75, 3.05) is 6.61 Å². The Labute approximate surface area is 103 Å². The first-order chi connectivity index (χ1) is 8.15. The van der Waals surface area contributed by atoms with Crippen molar-refractivity contribution in [2.24, 2.45) is 5.92 Å². The van der Waals surface area contributed by atoms with E-state index in [2.05, 4.69) is 19.9 Å². The van der Waals surface area contributed by atoms with E-state index in [0.717, 1.165) is 18.4 Å². The van der Waals surface area contributed by atoms with Crippen molar-refractivity contribution in [2.45, 2.75) is 38.5 Å². The lowest BCUT2D eigenvalue weighted by molar-refractivity contribution is -0.123. The Kier molecular flexibility index (Phi) is 3.63. The fourth-order valence-corrected chi connectivity index (χ4v) is 2.96. The number of aliphatic hydroxyl groups is 1. The van der Waals surface area contributed by atoms with E-state index in [4.69, 9.17) is 5.11 Å². The molecule has 2 unspecified atom stereocenters. The zero-order valence-corrected chi connectivity index (χ0v) is 10.5. The summed E-state index contributed by atoms with van der Waals surface area (Å²) in [5, 5.41) is 9.04. The van der Waals surface area contributed by atoms with Gasteiger partial charge in [-0.3, -0.25) is 4.79 Å². The Morgan fingerprint density at radius 1 is 1.29 bits per heavy atom. The Bertz CT molecular complexity index is 409. The van der Waals surface area contributed by atoms with Crippen LogP contribution >= 0.6 is 0 Å². The minimum atomic E-state index is -0.342. The summed E-state index contributed by atoms with van der Waals surface area (Å²) in [6.45, 7) is 4.12. The monoisotopic (exact) mass is 232 g/mol. The summed E-state index contributed by atoms with van der Waals surface area (Å²) < 4.78 is 0. The van der Waals surface area contributed by atoms with Crippen LogP contribution in [0.3, 0.4) is 0 Å². The Hall–Kier alpha value is -1.15. The quantitative estimate of drug-likeness (QED) is 0.870. The number of hydrogen-bond acceptors (Lipinski definition) is 2. The summed E-state index contributed by atoms with van der Waals surface area (Å²) in [5.74, 6) is 1.01. The van der Waals surface area contributed by atoms with E-state index in [-0.39, 0.29) is 18.3 Å². The zero-order chi connectivity index (χ0) is 12.4. The maximum atomic E-state index is 11.8. The van der Waals surface area contributed by atoms with Gasteiger partial charge in [-0.1, -0.05) is 38.1 Å². The highest BCUT2D eigenvalue weighted by atomic mass is 16.3. The van der Waals surface area contributed by atoms with Gasteiger partial charge in [-0.15, -0.1) is 0 Å². The second-order valence-corrected chi connectivity index (χ2v) is 5.23. The van der Waals surface area contributed by atoms with Gasteiger partial charge in [0.25, 0.3) is 0 Å². The van der Waals surface area contributed by atoms with Gasteiger partial charge in [0.2, 0.25) is 0 Å². The van der Waals surface area contributed by atoms with Crippen LogP contribution in [0.1, 0.15) is 49.7 Å². The Morgan fingerprint density at radius 3 is 2.53 bits per heavy atom. The molecule has 2 atom stereocenters. The van der Waals surface area contributed by atoms with Gasteiger partial charge in [0.05, 0.1) is 0 Å². The van der Waals surface area contributed by atoms with Gasteiger partial charge in [-0.2, -0.15) is 0 Å². The molecular formula is C15H20O2. The third-order valence-corrected chi connectivity index (χ3v) is 3.89. The maximum Gasteiger partial charge on any atom is 0.165 e. The second-order valence-electron chi connectivity index (χ2n) is 5.23. The summed E-state index contributed by atoms with van der Waals surface area (Å²) >= 11 is 0. The van der Waals surface area contributed by atoms with Gasteiger partial charge in [0, 0.05) is 5.92 Å². The SMILES string of the molecule is CC(C)C1CCC(C(=O)CO)c2ccccc21. The molecule has 1 aliphatic rings. The lowest BCUT2D eigenvalue weighted by Gasteiger charge is -2.32. The van der Waals surface area contributed by atoms with Crippen LogP contribution in [0.2, 0.25) is 0 Å². The molecule has 2 rings (SSSR count). The topological polar surface area (TPSA) is 37.3 Å². The molecule has 92 valence electrons. The third-order valence-electron chi connectivity index (χ3n) is 3.89. The number of carbonyl (C=O) groups excluding carboxylic acids is 1. The van der Waals surface area contributed by atoms with Crippen LogP contribution in [0, 0.1) is 5.92 Å². The number of hydrogen-bond donors (Lipinski definition) is 1. The van der Waals surface area contributed by atoms with Gasteiger partial charge >= 0.3 is 0 Å². The van der Waals surface area contributed by atoms with Crippen LogP contribution in [0.25, 0.3) is 0 Å². The lowest BCUT2D eigenvalue weighted by atomic mass is 9.71. The molecule has 0 radical (unpaired) electrons. The molecule has 2 nitrogen and oxygen atoms in total. The molecule has 0 aliphatic heterocycles. The normalized spacial score (nSPS) is 23.5. The number of ketones is 1. The van der Waals surface area contributed by atoms with Gasteiger partial charge in [0.15, 0.2) is 5.78 Å². The molecule has 17 heavy (non-hydrogen) atoms. The highest BCUT2D eigenvalue weighted by Crippen LogP contribution is 2.42. The van der Waals surface area contributed by atoms with E-state index >= 15 is 0 Å². The molecule has 2 heteroatoms. The highest BCUT2D eigenvalue weighted by Gasteiger charge is 2.31. The number of aliphatic hydroxyl groups excluding tert-OH is 1. The number of fused-ring (bicyclic) bond motifs is 1. The first-order valence-electron chi connectivity index (χ1n) is 6.37. The number of Topliss-reactive ketones (excluding diaryl/α,β-unsaturated/α-hetero) is 1. The average Bonchev–Trinajstić information content (AvgIpc) is 2.36. The lowest BCUT2D eigenvalue weighted by Crippen LogP contribution is -2.24. The molecular weight excluding hydrogens is 212 g/mol. The van der Waals surface area contributed by atoms with Gasteiger partial charge in [0.1, 0.15) is 6.61 Å². The van der Waals surface area contributed by atoms with Crippen LogP contribution in [0.4, 0.5) is 0 Å². The van der Waals surface area contributed by atoms with Crippen molar-refractivity contribution >= 4 is 5.78 Å². The average molecular weight is 232 g/mol. The van der Waals surface area contributed by atoms with E-state index in [9.17, 15) is 4.79 Å². The Morgan fingerprint density at radius 2 is 1.94 bits per heavy atom. The molecule has 0 saturated carbocycles. The third kappa shape index (κ3) is 2.27. The Balaban J connectivity index is 2.40. The summed E-state index contributed by atoms with van der Waals surface area (Å²) in [7, 11) is 0.